The summed E-state index contributed by atoms with van der Waals surface area (Å²) in [6.45, 7) is 2.42. The topological polar surface area (TPSA) is 58.6 Å². The second-order valence-electron chi connectivity index (χ2n) is 10.4. The Hall–Kier alpha value is -3.67. The molecule has 1 aliphatic rings. The maximum Gasteiger partial charge on any atom is 0.243 e. The van der Waals surface area contributed by atoms with Crippen molar-refractivity contribution in [3.05, 3.63) is 101 Å². The minimum Gasteiger partial charge on any atom is -0.494 e. The van der Waals surface area contributed by atoms with E-state index < -0.39 is 6.04 Å². The average molecular weight is 531 g/mol. The van der Waals surface area contributed by atoms with Crippen molar-refractivity contribution in [3.8, 4) is 5.75 Å². The van der Waals surface area contributed by atoms with E-state index in [-0.39, 0.29) is 36.6 Å². The molecule has 1 aliphatic carbocycles. The van der Waals surface area contributed by atoms with Crippen molar-refractivity contribution in [2.24, 2.45) is 0 Å². The summed E-state index contributed by atoms with van der Waals surface area (Å²) in [7, 11) is 0. The molecular formula is C33H39FN2O3. The van der Waals surface area contributed by atoms with Crippen LogP contribution >= 0.6 is 0 Å². The summed E-state index contributed by atoms with van der Waals surface area (Å²) in [5.41, 5.74) is 2.50. The number of nitrogens with one attached hydrogen (secondary N) is 1. The molecule has 0 heterocycles. The molecule has 0 radical (unpaired) electrons. The standard InChI is InChI=1S/C33H39FN2O3/c1-25-18-20-29(21-19-25)39-22-10-17-32(37)36(24-27-13-8-9-16-30(27)34)31(23-26-11-4-2-5-12-26)33(38)35-28-14-6-3-7-15-28/h2,4-5,8-9,11-13,16,18-21,28,31H,3,6-7,10,14-15,17,22-24H2,1H3,(H,35,38)/t31-/m1/s1. The maximum absolute atomic E-state index is 14.7. The van der Waals surface area contributed by atoms with Crippen LogP contribution in [-0.4, -0.2) is 35.4 Å². The predicted molar refractivity (Wildman–Crippen MR) is 152 cm³/mol. The second-order valence-corrected chi connectivity index (χ2v) is 10.4. The Kier molecular flexibility index (Phi) is 10.5. The first-order valence-corrected chi connectivity index (χ1v) is 14.1. The molecule has 0 saturated heterocycles. The monoisotopic (exact) mass is 530 g/mol. The SMILES string of the molecule is Cc1ccc(OCCCC(=O)N(Cc2ccccc2F)[C@H](Cc2ccccc2)C(=O)NC2CCCCC2)cc1. The molecule has 5 nitrogen and oxygen atoms in total. The highest BCUT2D eigenvalue weighted by Crippen LogP contribution is 2.21. The molecule has 1 atom stereocenters. The van der Waals surface area contributed by atoms with Crippen molar-refractivity contribution >= 4 is 11.8 Å². The summed E-state index contributed by atoms with van der Waals surface area (Å²) in [5, 5.41) is 3.22. The Morgan fingerprint density at radius 3 is 2.36 bits per heavy atom. The molecule has 2 amide bonds. The zero-order valence-corrected chi connectivity index (χ0v) is 22.8. The van der Waals surface area contributed by atoms with Gasteiger partial charge in [-0.25, -0.2) is 4.39 Å². The second kappa shape index (κ2) is 14.5. The van der Waals surface area contributed by atoms with Crippen molar-refractivity contribution in [3.63, 3.8) is 0 Å². The van der Waals surface area contributed by atoms with Crippen LogP contribution in [0.15, 0.2) is 78.9 Å². The summed E-state index contributed by atoms with van der Waals surface area (Å²) in [6.07, 6.45) is 6.30. The highest BCUT2D eigenvalue weighted by molar-refractivity contribution is 5.88. The van der Waals surface area contributed by atoms with Gasteiger partial charge in [0.15, 0.2) is 0 Å². The zero-order valence-electron chi connectivity index (χ0n) is 22.8. The summed E-state index contributed by atoms with van der Waals surface area (Å²) >= 11 is 0. The van der Waals surface area contributed by atoms with E-state index in [1.165, 1.54) is 12.5 Å². The number of hydrogen-bond acceptors (Lipinski definition) is 3. The molecule has 3 aromatic carbocycles. The predicted octanol–water partition coefficient (Wildman–Crippen LogP) is 6.38. The van der Waals surface area contributed by atoms with E-state index in [0.29, 0.717) is 25.0 Å². The Labute approximate surface area is 231 Å². The van der Waals surface area contributed by atoms with Gasteiger partial charge in [-0.05, 0) is 49.9 Å². The van der Waals surface area contributed by atoms with Gasteiger partial charge < -0.3 is 15.0 Å². The lowest BCUT2D eigenvalue weighted by atomic mass is 9.94. The normalized spacial score (nSPS) is 14.4. The molecule has 6 heteroatoms. The van der Waals surface area contributed by atoms with Gasteiger partial charge in [0.1, 0.15) is 17.6 Å². The number of halogens is 1. The number of hydrogen-bond donors (Lipinski definition) is 1. The van der Waals surface area contributed by atoms with E-state index in [0.717, 1.165) is 42.6 Å². The van der Waals surface area contributed by atoms with Crippen molar-refractivity contribution in [2.75, 3.05) is 6.61 Å². The van der Waals surface area contributed by atoms with Crippen molar-refractivity contribution in [1.82, 2.24) is 10.2 Å². The third kappa shape index (κ3) is 8.67. The molecule has 1 saturated carbocycles. The molecule has 0 unspecified atom stereocenters. The molecule has 0 bridgehead atoms. The van der Waals surface area contributed by atoms with Crippen LogP contribution < -0.4 is 10.1 Å². The van der Waals surface area contributed by atoms with E-state index in [4.69, 9.17) is 4.74 Å². The minimum absolute atomic E-state index is 0.0277. The van der Waals surface area contributed by atoms with Crippen LogP contribution in [0.25, 0.3) is 0 Å². The number of ether oxygens (including phenoxy) is 1. The Morgan fingerprint density at radius 2 is 1.64 bits per heavy atom. The van der Waals surface area contributed by atoms with Crippen molar-refractivity contribution < 1.29 is 18.7 Å². The quantitative estimate of drug-likeness (QED) is 0.276. The zero-order chi connectivity index (χ0) is 27.5. The van der Waals surface area contributed by atoms with Gasteiger partial charge in [-0.3, -0.25) is 9.59 Å². The molecule has 1 N–H and O–H groups in total. The molecule has 3 aromatic rings. The molecular weight excluding hydrogens is 491 g/mol. The molecule has 206 valence electrons. The average Bonchev–Trinajstić information content (AvgIpc) is 2.96. The fourth-order valence-corrected chi connectivity index (χ4v) is 5.10. The number of benzene rings is 3. The summed E-state index contributed by atoms with van der Waals surface area (Å²) in [4.78, 5) is 29.0. The molecule has 1 fully saturated rings. The molecule has 0 aromatic heterocycles. The number of aryl methyl sites for hydroxylation is 1. The minimum atomic E-state index is -0.751. The van der Waals surface area contributed by atoms with Gasteiger partial charge in [0.05, 0.1) is 6.61 Å². The molecule has 0 aliphatic heterocycles. The third-order valence-electron chi connectivity index (χ3n) is 7.35. The van der Waals surface area contributed by atoms with Crippen LogP contribution in [-0.2, 0) is 22.6 Å². The van der Waals surface area contributed by atoms with Crippen LogP contribution in [0, 0.1) is 12.7 Å². The van der Waals surface area contributed by atoms with Crippen LogP contribution in [0.3, 0.4) is 0 Å². The first kappa shape index (κ1) is 28.3. The van der Waals surface area contributed by atoms with E-state index in [1.54, 1.807) is 23.1 Å². The van der Waals surface area contributed by atoms with Gasteiger partial charge in [0.2, 0.25) is 11.8 Å². The number of carbonyl (C=O) groups excluding carboxylic acids is 2. The molecule has 0 spiro atoms. The Bertz CT molecular complexity index is 1190. The van der Waals surface area contributed by atoms with Gasteiger partial charge in [0, 0.05) is 31.0 Å². The third-order valence-corrected chi connectivity index (χ3v) is 7.35. The van der Waals surface area contributed by atoms with E-state index in [9.17, 15) is 14.0 Å². The largest absolute Gasteiger partial charge is 0.494 e. The van der Waals surface area contributed by atoms with Crippen molar-refractivity contribution in [2.45, 2.75) is 76.9 Å². The molecule has 4 rings (SSSR count). The maximum atomic E-state index is 14.7. The summed E-state index contributed by atoms with van der Waals surface area (Å²) < 4.78 is 20.6. The number of amides is 2. The fourth-order valence-electron chi connectivity index (χ4n) is 5.10. The van der Waals surface area contributed by atoms with Crippen LogP contribution in [0.2, 0.25) is 0 Å². The lowest BCUT2D eigenvalue weighted by Gasteiger charge is -2.33. The van der Waals surface area contributed by atoms with Gasteiger partial charge in [-0.15, -0.1) is 0 Å². The van der Waals surface area contributed by atoms with Crippen LogP contribution in [0.1, 0.15) is 61.6 Å². The van der Waals surface area contributed by atoms with E-state index in [1.807, 2.05) is 61.5 Å². The number of carbonyl (C=O) groups is 2. The highest BCUT2D eigenvalue weighted by Gasteiger charge is 2.32. The smallest absolute Gasteiger partial charge is 0.243 e. The van der Waals surface area contributed by atoms with E-state index >= 15 is 0 Å². The Morgan fingerprint density at radius 1 is 0.949 bits per heavy atom. The van der Waals surface area contributed by atoms with Gasteiger partial charge in [0.25, 0.3) is 0 Å². The van der Waals surface area contributed by atoms with Gasteiger partial charge in [-0.1, -0.05) is 85.5 Å². The Balaban J connectivity index is 1.52. The van der Waals surface area contributed by atoms with Crippen molar-refractivity contribution in [1.29, 1.82) is 0 Å². The lowest BCUT2D eigenvalue weighted by molar-refractivity contribution is -0.141. The first-order valence-electron chi connectivity index (χ1n) is 14.1. The molecule has 39 heavy (non-hydrogen) atoms. The summed E-state index contributed by atoms with van der Waals surface area (Å²) in [5.74, 6) is 0.00561. The first-order chi connectivity index (χ1) is 19.0. The van der Waals surface area contributed by atoms with E-state index in [2.05, 4.69) is 5.32 Å². The summed E-state index contributed by atoms with van der Waals surface area (Å²) in [6, 6.07) is 23.3. The number of rotatable bonds is 12. The lowest BCUT2D eigenvalue weighted by Crippen LogP contribution is -2.53. The van der Waals surface area contributed by atoms with Gasteiger partial charge in [-0.2, -0.15) is 0 Å². The van der Waals surface area contributed by atoms with Crippen LogP contribution in [0.5, 0.6) is 5.75 Å². The van der Waals surface area contributed by atoms with Gasteiger partial charge >= 0.3 is 0 Å². The highest BCUT2D eigenvalue weighted by atomic mass is 19.1. The van der Waals surface area contributed by atoms with Crippen LogP contribution in [0.4, 0.5) is 4.39 Å². The fraction of sp³-hybridized carbons (Fsp3) is 0.394. The number of nitrogens with zero attached hydrogens (tertiary/aromatic N) is 1.